The highest BCUT2D eigenvalue weighted by Crippen LogP contribution is 2.21. The fourth-order valence-corrected chi connectivity index (χ4v) is 2.52. The van der Waals surface area contributed by atoms with E-state index in [1.807, 2.05) is 24.5 Å². The van der Waals surface area contributed by atoms with E-state index in [-0.39, 0.29) is 0 Å². The second-order valence-corrected chi connectivity index (χ2v) is 5.55. The number of hydrogen-bond donors (Lipinski definition) is 1. The number of benzene rings is 1. The molecule has 0 aliphatic heterocycles. The van der Waals surface area contributed by atoms with Crippen LogP contribution in [0.2, 0.25) is 10.0 Å². The molecule has 2 aromatic rings. The summed E-state index contributed by atoms with van der Waals surface area (Å²) in [5.41, 5.74) is 1.09. The zero-order valence-corrected chi connectivity index (χ0v) is 13.1. The maximum atomic E-state index is 6.16. The minimum absolute atomic E-state index is 0.668. The highest BCUT2D eigenvalue weighted by Gasteiger charge is 2.04. The molecule has 0 amide bonds. The number of imidazole rings is 1. The fraction of sp³-hybridized carbons (Fsp3) is 0.400. The number of halogens is 2. The van der Waals surface area contributed by atoms with Crippen molar-refractivity contribution < 1.29 is 0 Å². The molecule has 0 unspecified atom stereocenters. The molecular formula is C15H19Cl2N3. The molecule has 20 heavy (non-hydrogen) atoms. The molecule has 1 N–H and O–H groups in total. The van der Waals surface area contributed by atoms with E-state index < -0.39 is 0 Å². The van der Waals surface area contributed by atoms with Crippen LogP contribution in [0.1, 0.15) is 25.3 Å². The van der Waals surface area contributed by atoms with Gasteiger partial charge in [-0.05, 0) is 30.5 Å². The predicted molar refractivity (Wildman–Crippen MR) is 85.8 cm³/mol. The van der Waals surface area contributed by atoms with E-state index in [1.54, 1.807) is 6.07 Å². The Labute approximate surface area is 129 Å². The summed E-state index contributed by atoms with van der Waals surface area (Å²) in [4.78, 5) is 4.33. The summed E-state index contributed by atoms with van der Waals surface area (Å²) in [6.07, 6.45) is 7.02. The van der Waals surface area contributed by atoms with Crippen LogP contribution in [-0.2, 0) is 13.0 Å². The van der Waals surface area contributed by atoms with Crippen molar-refractivity contribution in [3.05, 3.63) is 46.2 Å². The van der Waals surface area contributed by atoms with Gasteiger partial charge in [0.25, 0.3) is 0 Å². The highest BCUT2D eigenvalue weighted by molar-refractivity contribution is 6.35. The molecule has 0 bridgehead atoms. The first-order valence-electron chi connectivity index (χ1n) is 6.89. The van der Waals surface area contributed by atoms with Crippen LogP contribution in [0.3, 0.4) is 0 Å². The van der Waals surface area contributed by atoms with Crippen LogP contribution in [0.15, 0.2) is 30.6 Å². The first-order valence-corrected chi connectivity index (χ1v) is 7.65. The van der Waals surface area contributed by atoms with Gasteiger partial charge >= 0.3 is 0 Å². The largest absolute Gasteiger partial charge is 0.355 e. The fourth-order valence-electron chi connectivity index (χ4n) is 2.02. The van der Waals surface area contributed by atoms with Crippen LogP contribution in [0.5, 0.6) is 0 Å². The van der Waals surface area contributed by atoms with E-state index in [4.69, 9.17) is 23.2 Å². The van der Waals surface area contributed by atoms with Gasteiger partial charge in [-0.1, -0.05) is 42.6 Å². The molecule has 0 spiro atoms. The van der Waals surface area contributed by atoms with Crippen molar-refractivity contribution in [2.45, 2.75) is 32.7 Å². The quantitative estimate of drug-likeness (QED) is 0.807. The van der Waals surface area contributed by atoms with Gasteiger partial charge in [0.05, 0.1) is 0 Å². The van der Waals surface area contributed by atoms with E-state index in [1.165, 1.54) is 6.42 Å². The number of nitrogens with zero attached hydrogens (tertiary/aromatic N) is 2. The van der Waals surface area contributed by atoms with Gasteiger partial charge < -0.3 is 9.88 Å². The highest BCUT2D eigenvalue weighted by atomic mass is 35.5. The van der Waals surface area contributed by atoms with Gasteiger partial charge in [0.15, 0.2) is 0 Å². The lowest BCUT2D eigenvalue weighted by atomic mass is 10.1. The Hall–Kier alpha value is -1.19. The lowest BCUT2D eigenvalue weighted by Crippen LogP contribution is -2.11. The van der Waals surface area contributed by atoms with Gasteiger partial charge in [0.1, 0.15) is 0 Å². The van der Waals surface area contributed by atoms with E-state index in [0.717, 1.165) is 37.4 Å². The normalized spacial score (nSPS) is 10.8. The summed E-state index contributed by atoms with van der Waals surface area (Å²) in [7, 11) is 0. The minimum atomic E-state index is 0.668. The van der Waals surface area contributed by atoms with Crippen molar-refractivity contribution in [2.24, 2.45) is 0 Å². The number of unbranched alkanes of at least 4 members (excludes halogenated alkanes) is 1. The number of anilines is 1. The Morgan fingerprint density at radius 3 is 2.90 bits per heavy atom. The van der Waals surface area contributed by atoms with Gasteiger partial charge in [-0.25, -0.2) is 4.98 Å². The van der Waals surface area contributed by atoms with Crippen LogP contribution >= 0.6 is 23.2 Å². The third kappa shape index (κ3) is 4.15. The molecule has 1 aromatic carbocycles. The predicted octanol–water partition coefficient (Wildman–Crippen LogP) is 4.64. The number of nitrogens with one attached hydrogen (secondary N) is 1. The van der Waals surface area contributed by atoms with E-state index in [9.17, 15) is 0 Å². The van der Waals surface area contributed by atoms with Crippen LogP contribution < -0.4 is 5.32 Å². The van der Waals surface area contributed by atoms with Crippen molar-refractivity contribution >= 4 is 29.2 Å². The minimum Gasteiger partial charge on any atom is -0.355 e. The number of aryl methyl sites for hydroxylation is 1. The smallest absolute Gasteiger partial charge is 0.202 e. The van der Waals surface area contributed by atoms with Gasteiger partial charge in [0.2, 0.25) is 5.95 Å². The maximum Gasteiger partial charge on any atom is 0.202 e. The molecule has 0 saturated carbocycles. The topological polar surface area (TPSA) is 29.9 Å². The van der Waals surface area contributed by atoms with E-state index >= 15 is 0 Å². The third-order valence-electron chi connectivity index (χ3n) is 3.16. The number of aromatic nitrogens is 2. The van der Waals surface area contributed by atoms with Crippen molar-refractivity contribution in [1.29, 1.82) is 0 Å². The molecule has 0 radical (unpaired) electrons. The second kappa shape index (κ2) is 7.55. The van der Waals surface area contributed by atoms with Gasteiger partial charge in [-0.15, -0.1) is 0 Å². The molecule has 2 rings (SSSR count). The SMILES string of the molecule is CCCCn1ccnc1NCCc1ccc(Cl)cc1Cl. The second-order valence-electron chi connectivity index (χ2n) is 4.71. The van der Waals surface area contributed by atoms with Crippen molar-refractivity contribution in [2.75, 3.05) is 11.9 Å². The van der Waals surface area contributed by atoms with Crippen molar-refractivity contribution in [1.82, 2.24) is 9.55 Å². The Kier molecular flexibility index (Phi) is 5.74. The Balaban J connectivity index is 1.88. The Morgan fingerprint density at radius 1 is 1.30 bits per heavy atom. The summed E-state index contributed by atoms with van der Waals surface area (Å²) < 4.78 is 2.15. The van der Waals surface area contributed by atoms with Crippen LogP contribution in [0, 0.1) is 0 Å². The van der Waals surface area contributed by atoms with Gasteiger partial charge in [-0.2, -0.15) is 0 Å². The molecule has 0 saturated heterocycles. The average Bonchev–Trinajstić information content (AvgIpc) is 2.86. The monoisotopic (exact) mass is 311 g/mol. The number of rotatable bonds is 7. The molecular weight excluding hydrogens is 293 g/mol. The lowest BCUT2D eigenvalue weighted by molar-refractivity contribution is 0.635. The molecule has 1 heterocycles. The molecule has 0 fully saturated rings. The zero-order chi connectivity index (χ0) is 14.4. The van der Waals surface area contributed by atoms with Crippen molar-refractivity contribution in [3.8, 4) is 0 Å². The average molecular weight is 312 g/mol. The maximum absolute atomic E-state index is 6.16. The van der Waals surface area contributed by atoms with Gasteiger partial charge in [0, 0.05) is 35.5 Å². The molecule has 3 nitrogen and oxygen atoms in total. The third-order valence-corrected chi connectivity index (χ3v) is 3.75. The first kappa shape index (κ1) is 15.2. The molecule has 0 atom stereocenters. The number of hydrogen-bond acceptors (Lipinski definition) is 2. The summed E-state index contributed by atoms with van der Waals surface area (Å²) in [6.45, 7) is 3.98. The molecule has 5 heteroatoms. The molecule has 1 aromatic heterocycles. The van der Waals surface area contributed by atoms with Crippen LogP contribution in [-0.4, -0.2) is 16.1 Å². The summed E-state index contributed by atoms with van der Waals surface area (Å²) >= 11 is 12.0. The Morgan fingerprint density at radius 2 is 2.15 bits per heavy atom. The summed E-state index contributed by atoms with van der Waals surface area (Å²) in [5, 5.41) is 4.74. The van der Waals surface area contributed by atoms with Crippen molar-refractivity contribution in [3.63, 3.8) is 0 Å². The molecule has 108 valence electrons. The van der Waals surface area contributed by atoms with E-state index in [0.29, 0.717) is 10.0 Å². The standard InChI is InChI=1S/C15H19Cl2N3/c1-2-3-9-20-10-8-19-15(20)18-7-6-12-4-5-13(16)11-14(12)17/h4-5,8,10-11H,2-3,6-7,9H2,1H3,(H,18,19). The summed E-state index contributed by atoms with van der Waals surface area (Å²) in [6, 6.07) is 5.61. The van der Waals surface area contributed by atoms with E-state index in [2.05, 4.69) is 21.8 Å². The van der Waals surface area contributed by atoms with Crippen LogP contribution in [0.25, 0.3) is 0 Å². The lowest BCUT2D eigenvalue weighted by Gasteiger charge is -2.10. The zero-order valence-electron chi connectivity index (χ0n) is 11.6. The van der Waals surface area contributed by atoms with Gasteiger partial charge in [-0.3, -0.25) is 0 Å². The Bertz CT molecular complexity index is 552. The molecule has 0 aliphatic rings. The summed E-state index contributed by atoms with van der Waals surface area (Å²) in [5.74, 6) is 0.920. The van der Waals surface area contributed by atoms with Crippen LogP contribution in [0.4, 0.5) is 5.95 Å². The first-order chi connectivity index (χ1) is 9.70. The molecule has 0 aliphatic carbocycles.